The first-order valence-corrected chi connectivity index (χ1v) is 9.71. The third-order valence-electron chi connectivity index (χ3n) is 6.01. The molecule has 6 rings (SSSR count). The Morgan fingerprint density at radius 2 is 1.81 bits per heavy atom. The number of benzene rings is 1. The molecular formula is C21H21N5. The van der Waals surface area contributed by atoms with Crippen LogP contribution in [0.2, 0.25) is 0 Å². The minimum Gasteiger partial charge on any atom is -0.355 e. The molecule has 3 aliphatic rings. The van der Waals surface area contributed by atoms with Crippen molar-refractivity contribution >= 4 is 16.7 Å². The Kier molecular flexibility index (Phi) is 3.07. The molecule has 1 aromatic carbocycles. The molecular weight excluding hydrogens is 322 g/mol. The van der Waals surface area contributed by atoms with E-state index in [0.29, 0.717) is 11.8 Å². The molecule has 2 aromatic heterocycles. The highest BCUT2D eigenvalue weighted by molar-refractivity contribution is 5.81. The van der Waals surface area contributed by atoms with Crippen molar-refractivity contribution < 1.29 is 0 Å². The summed E-state index contributed by atoms with van der Waals surface area (Å²) in [6, 6.07) is 8.32. The van der Waals surface area contributed by atoms with Crippen molar-refractivity contribution in [3.05, 3.63) is 53.4 Å². The van der Waals surface area contributed by atoms with E-state index in [4.69, 9.17) is 9.97 Å². The second-order valence-corrected chi connectivity index (χ2v) is 7.84. The second kappa shape index (κ2) is 5.47. The summed E-state index contributed by atoms with van der Waals surface area (Å²) < 4.78 is 0. The van der Waals surface area contributed by atoms with Crippen molar-refractivity contribution in [1.82, 2.24) is 19.9 Å². The zero-order chi connectivity index (χ0) is 17.1. The van der Waals surface area contributed by atoms with E-state index in [1.165, 1.54) is 47.4 Å². The third kappa shape index (κ3) is 2.23. The van der Waals surface area contributed by atoms with Crippen LogP contribution in [0.3, 0.4) is 0 Å². The molecule has 0 spiro atoms. The van der Waals surface area contributed by atoms with Crippen LogP contribution in [0.4, 0.5) is 5.82 Å². The van der Waals surface area contributed by atoms with Gasteiger partial charge >= 0.3 is 0 Å². The van der Waals surface area contributed by atoms with Gasteiger partial charge in [-0.2, -0.15) is 0 Å². The van der Waals surface area contributed by atoms with Gasteiger partial charge in [-0.05, 0) is 38.2 Å². The van der Waals surface area contributed by atoms with Crippen molar-refractivity contribution in [1.29, 1.82) is 0 Å². The second-order valence-electron chi connectivity index (χ2n) is 7.84. The predicted molar refractivity (Wildman–Crippen MR) is 101 cm³/mol. The lowest BCUT2D eigenvalue weighted by Crippen LogP contribution is -2.46. The number of anilines is 1. The highest BCUT2D eigenvalue weighted by Crippen LogP contribution is 2.42. The molecule has 3 heterocycles. The van der Waals surface area contributed by atoms with Gasteiger partial charge in [0.05, 0.1) is 11.2 Å². The fourth-order valence-electron chi connectivity index (χ4n) is 4.39. The molecule has 2 aliphatic carbocycles. The van der Waals surface area contributed by atoms with Gasteiger partial charge in [0.25, 0.3) is 0 Å². The number of para-hydroxylation sites is 1. The third-order valence-corrected chi connectivity index (χ3v) is 6.01. The lowest BCUT2D eigenvalue weighted by molar-refractivity contribution is 0.508. The SMILES string of the molecule is c1ccc2c(C3CN(c4nc(C5CC5)nc5c4CCC5)C3)ncnc2c1. The summed E-state index contributed by atoms with van der Waals surface area (Å²) in [7, 11) is 0. The maximum absolute atomic E-state index is 5.00. The largest absolute Gasteiger partial charge is 0.355 e. The summed E-state index contributed by atoms with van der Waals surface area (Å²) in [4.78, 5) is 21.3. The van der Waals surface area contributed by atoms with E-state index in [9.17, 15) is 0 Å². The van der Waals surface area contributed by atoms with Crippen molar-refractivity contribution in [2.24, 2.45) is 0 Å². The van der Waals surface area contributed by atoms with E-state index in [2.05, 4.69) is 33.1 Å². The number of aryl methyl sites for hydroxylation is 1. The lowest BCUT2D eigenvalue weighted by atomic mass is 9.92. The Morgan fingerprint density at radius 1 is 0.923 bits per heavy atom. The summed E-state index contributed by atoms with van der Waals surface area (Å²) in [5.74, 6) is 3.38. The number of rotatable bonds is 3. The van der Waals surface area contributed by atoms with Gasteiger partial charge in [0.1, 0.15) is 18.0 Å². The number of aromatic nitrogens is 4. The molecule has 2 fully saturated rings. The van der Waals surface area contributed by atoms with Crippen LogP contribution in [0, 0.1) is 0 Å². The standard InChI is InChI=1S/C21H21N5/c1-2-6-17-15(4-1)19(23-12-22-17)14-10-26(11-14)21-16-5-3-7-18(16)24-20(25-21)13-8-9-13/h1-2,4,6,12-14H,3,5,7-11H2. The number of hydrogen-bond acceptors (Lipinski definition) is 5. The van der Waals surface area contributed by atoms with E-state index in [1.54, 1.807) is 6.33 Å². The number of fused-ring (bicyclic) bond motifs is 2. The smallest absolute Gasteiger partial charge is 0.135 e. The summed E-state index contributed by atoms with van der Waals surface area (Å²) >= 11 is 0. The molecule has 0 bridgehead atoms. The Labute approximate surface area is 152 Å². The molecule has 26 heavy (non-hydrogen) atoms. The van der Waals surface area contributed by atoms with Crippen LogP contribution in [0.15, 0.2) is 30.6 Å². The van der Waals surface area contributed by atoms with Gasteiger partial charge in [-0.1, -0.05) is 18.2 Å². The van der Waals surface area contributed by atoms with Crippen LogP contribution in [0.1, 0.15) is 53.9 Å². The quantitative estimate of drug-likeness (QED) is 0.730. The van der Waals surface area contributed by atoms with Crippen molar-refractivity contribution in [3.63, 3.8) is 0 Å². The van der Waals surface area contributed by atoms with E-state index in [-0.39, 0.29) is 0 Å². The lowest BCUT2D eigenvalue weighted by Gasteiger charge is -2.41. The maximum atomic E-state index is 5.00. The van der Waals surface area contributed by atoms with E-state index < -0.39 is 0 Å². The first-order chi connectivity index (χ1) is 12.9. The predicted octanol–water partition coefficient (Wildman–Crippen LogP) is 3.39. The zero-order valence-electron chi connectivity index (χ0n) is 14.7. The summed E-state index contributed by atoms with van der Waals surface area (Å²) in [6.07, 6.45) is 7.69. The normalized spacial score (nSPS) is 19.6. The van der Waals surface area contributed by atoms with Crippen LogP contribution in [-0.2, 0) is 12.8 Å². The molecule has 0 radical (unpaired) electrons. The topological polar surface area (TPSA) is 54.8 Å². The molecule has 5 nitrogen and oxygen atoms in total. The Bertz CT molecular complexity index is 999. The monoisotopic (exact) mass is 343 g/mol. The van der Waals surface area contributed by atoms with Gasteiger partial charge < -0.3 is 4.90 Å². The number of hydrogen-bond donors (Lipinski definition) is 0. The van der Waals surface area contributed by atoms with Crippen LogP contribution in [0.5, 0.6) is 0 Å². The number of nitrogens with zero attached hydrogens (tertiary/aromatic N) is 5. The summed E-state index contributed by atoms with van der Waals surface area (Å²) in [5, 5.41) is 1.19. The van der Waals surface area contributed by atoms with Crippen molar-refractivity contribution in [2.45, 2.75) is 43.9 Å². The van der Waals surface area contributed by atoms with Crippen molar-refractivity contribution in [2.75, 3.05) is 18.0 Å². The zero-order valence-corrected chi connectivity index (χ0v) is 14.7. The molecule has 0 N–H and O–H groups in total. The average molecular weight is 343 g/mol. The van der Waals surface area contributed by atoms with Gasteiger partial charge in [-0.15, -0.1) is 0 Å². The van der Waals surface area contributed by atoms with Gasteiger partial charge in [0.2, 0.25) is 0 Å². The molecule has 0 amide bonds. The van der Waals surface area contributed by atoms with E-state index in [0.717, 1.165) is 37.3 Å². The van der Waals surface area contributed by atoms with Crippen LogP contribution in [-0.4, -0.2) is 33.0 Å². The molecule has 3 aromatic rings. The van der Waals surface area contributed by atoms with Crippen LogP contribution >= 0.6 is 0 Å². The first kappa shape index (κ1) is 14.6. The Balaban J connectivity index is 1.32. The molecule has 0 atom stereocenters. The van der Waals surface area contributed by atoms with Gasteiger partial charge in [0, 0.05) is 41.6 Å². The molecule has 0 unspecified atom stereocenters. The first-order valence-electron chi connectivity index (χ1n) is 9.71. The van der Waals surface area contributed by atoms with Crippen molar-refractivity contribution in [3.8, 4) is 0 Å². The molecule has 130 valence electrons. The minimum atomic E-state index is 0.458. The van der Waals surface area contributed by atoms with Crippen LogP contribution in [0.25, 0.3) is 10.9 Å². The summed E-state index contributed by atoms with van der Waals surface area (Å²) in [6.45, 7) is 1.99. The highest BCUT2D eigenvalue weighted by atomic mass is 15.3. The van der Waals surface area contributed by atoms with E-state index >= 15 is 0 Å². The Morgan fingerprint density at radius 3 is 2.69 bits per heavy atom. The maximum Gasteiger partial charge on any atom is 0.135 e. The minimum absolute atomic E-state index is 0.458. The fourth-order valence-corrected chi connectivity index (χ4v) is 4.39. The average Bonchev–Trinajstić information content (AvgIpc) is 3.38. The fraction of sp³-hybridized carbons (Fsp3) is 0.429. The highest BCUT2D eigenvalue weighted by Gasteiger charge is 2.36. The molecule has 1 saturated heterocycles. The summed E-state index contributed by atoms with van der Waals surface area (Å²) in [5.41, 5.74) is 4.93. The van der Waals surface area contributed by atoms with Gasteiger partial charge in [0.15, 0.2) is 0 Å². The molecule has 1 saturated carbocycles. The molecule has 5 heteroatoms. The van der Waals surface area contributed by atoms with E-state index in [1.807, 2.05) is 6.07 Å². The van der Waals surface area contributed by atoms with Gasteiger partial charge in [-0.3, -0.25) is 0 Å². The molecule has 1 aliphatic heterocycles. The van der Waals surface area contributed by atoms with Gasteiger partial charge in [-0.25, -0.2) is 19.9 Å². The van der Waals surface area contributed by atoms with Crippen LogP contribution < -0.4 is 4.90 Å². The Hall–Kier alpha value is -2.56.